The van der Waals surface area contributed by atoms with Gasteiger partial charge in [0.2, 0.25) is 0 Å². The van der Waals surface area contributed by atoms with Gasteiger partial charge in [-0.2, -0.15) is 0 Å². The van der Waals surface area contributed by atoms with E-state index in [1.807, 2.05) is 0 Å². The van der Waals surface area contributed by atoms with Crippen molar-refractivity contribution in [3.05, 3.63) is 28.2 Å². The van der Waals surface area contributed by atoms with Crippen LogP contribution in [0.15, 0.2) is 22.7 Å². The van der Waals surface area contributed by atoms with Gasteiger partial charge in [0.1, 0.15) is 0 Å². The van der Waals surface area contributed by atoms with Crippen LogP contribution in [0.4, 0.5) is 5.69 Å². The molecule has 19 heavy (non-hydrogen) atoms. The lowest BCUT2D eigenvalue weighted by molar-refractivity contribution is -0.0605. The zero-order valence-electron chi connectivity index (χ0n) is 10.5. The molecule has 0 radical (unpaired) electrons. The van der Waals surface area contributed by atoms with Crippen LogP contribution in [0.25, 0.3) is 0 Å². The Hall–Kier alpha value is -1.11. The van der Waals surface area contributed by atoms with E-state index in [2.05, 4.69) is 21.2 Å². The third-order valence-electron chi connectivity index (χ3n) is 3.26. The molecule has 104 valence electrons. The van der Waals surface area contributed by atoms with Crippen LogP contribution in [0.2, 0.25) is 0 Å². The number of carbonyl (C=O) groups is 1. The van der Waals surface area contributed by atoms with Crippen molar-refractivity contribution in [1.29, 1.82) is 0 Å². The molecule has 1 fully saturated rings. The quantitative estimate of drug-likeness (QED) is 0.730. The standard InChI is InChI=1S/C13H17BrN2O3/c14-9-1-2-10(11(15)7-9)12(17)16-8-13(18)3-5-19-6-4-13/h1-2,7,18H,3-6,8,15H2,(H,16,17). The molecule has 0 aliphatic carbocycles. The summed E-state index contributed by atoms with van der Waals surface area (Å²) in [7, 11) is 0. The summed E-state index contributed by atoms with van der Waals surface area (Å²) in [5, 5.41) is 13.0. The molecular weight excluding hydrogens is 312 g/mol. The summed E-state index contributed by atoms with van der Waals surface area (Å²) >= 11 is 3.29. The van der Waals surface area contributed by atoms with E-state index < -0.39 is 5.60 Å². The highest BCUT2D eigenvalue weighted by Crippen LogP contribution is 2.21. The number of amides is 1. The second kappa shape index (κ2) is 5.90. The monoisotopic (exact) mass is 328 g/mol. The van der Waals surface area contributed by atoms with E-state index in [0.29, 0.717) is 37.3 Å². The molecule has 1 aliphatic heterocycles. The van der Waals surface area contributed by atoms with E-state index in [0.717, 1.165) is 4.47 Å². The first-order valence-corrected chi connectivity index (χ1v) is 6.93. The van der Waals surface area contributed by atoms with E-state index in [1.165, 1.54) is 0 Å². The van der Waals surface area contributed by atoms with E-state index in [9.17, 15) is 9.90 Å². The number of rotatable bonds is 3. The topological polar surface area (TPSA) is 84.6 Å². The van der Waals surface area contributed by atoms with E-state index in [1.54, 1.807) is 18.2 Å². The molecule has 1 aromatic rings. The number of anilines is 1. The summed E-state index contributed by atoms with van der Waals surface area (Å²) in [5.41, 5.74) is 5.74. The van der Waals surface area contributed by atoms with Crippen molar-refractivity contribution >= 4 is 27.5 Å². The maximum atomic E-state index is 12.0. The van der Waals surface area contributed by atoms with Gasteiger partial charge in [0.25, 0.3) is 5.91 Å². The van der Waals surface area contributed by atoms with E-state index in [4.69, 9.17) is 10.5 Å². The van der Waals surface area contributed by atoms with Crippen LogP contribution in [-0.4, -0.2) is 36.4 Å². The molecule has 1 saturated heterocycles. The maximum absolute atomic E-state index is 12.0. The minimum absolute atomic E-state index is 0.213. The first-order chi connectivity index (χ1) is 9.00. The summed E-state index contributed by atoms with van der Waals surface area (Å²) in [6.07, 6.45) is 1.06. The van der Waals surface area contributed by atoms with Crippen LogP contribution in [0.5, 0.6) is 0 Å². The summed E-state index contributed by atoms with van der Waals surface area (Å²) in [5.74, 6) is -0.273. The van der Waals surface area contributed by atoms with Crippen molar-refractivity contribution in [3.8, 4) is 0 Å². The second-order valence-corrected chi connectivity index (χ2v) is 5.67. The van der Waals surface area contributed by atoms with Crippen LogP contribution in [0.1, 0.15) is 23.2 Å². The molecule has 4 N–H and O–H groups in total. The predicted molar refractivity (Wildman–Crippen MR) is 75.9 cm³/mol. The molecular formula is C13H17BrN2O3. The molecule has 1 heterocycles. The number of hydrogen-bond donors (Lipinski definition) is 3. The summed E-state index contributed by atoms with van der Waals surface area (Å²) in [4.78, 5) is 12.0. The highest BCUT2D eigenvalue weighted by Gasteiger charge is 2.30. The van der Waals surface area contributed by atoms with Crippen molar-refractivity contribution in [2.24, 2.45) is 0 Å². The Balaban J connectivity index is 1.97. The Morgan fingerprint density at radius 1 is 1.47 bits per heavy atom. The van der Waals surface area contributed by atoms with Crippen molar-refractivity contribution in [1.82, 2.24) is 5.32 Å². The van der Waals surface area contributed by atoms with Crippen molar-refractivity contribution < 1.29 is 14.6 Å². The Kier molecular flexibility index (Phi) is 4.44. The fourth-order valence-electron chi connectivity index (χ4n) is 2.01. The van der Waals surface area contributed by atoms with Gasteiger partial charge in [0, 0.05) is 42.8 Å². The van der Waals surface area contributed by atoms with Gasteiger partial charge < -0.3 is 20.9 Å². The van der Waals surface area contributed by atoms with Gasteiger partial charge in [0.15, 0.2) is 0 Å². The molecule has 0 bridgehead atoms. The van der Waals surface area contributed by atoms with Crippen LogP contribution in [0.3, 0.4) is 0 Å². The lowest BCUT2D eigenvalue weighted by Gasteiger charge is -2.32. The van der Waals surface area contributed by atoms with Gasteiger partial charge in [-0.1, -0.05) is 15.9 Å². The molecule has 1 amide bonds. The van der Waals surface area contributed by atoms with Crippen LogP contribution >= 0.6 is 15.9 Å². The Bertz CT molecular complexity index is 473. The first-order valence-electron chi connectivity index (χ1n) is 6.13. The number of ether oxygens (including phenoxy) is 1. The molecule has 5 nitrogen and oxygen atoms in total. The molecule has 0 atom stereocenters. The molecule has 0 aromatic heterocycles. The number of carbonyl (C=O) groups excluding carboxylic acids is 1. The lowest BCUT2D eigenvalue weighted by atomic mass is 9.94. The highest BCUT2D eigenvalue weighted by molar-refractivity contribution is 9.10. The summed E-state index contributed by atoms with van der Waals surface area (Å²) < 4.78 is 6.01. The third-order valence-corrected chi connectivity index (χ3v) is 3.75. The van der Waals surface area contributed by atoms with E-state index >= 15 is 0 Å². The largest absolute Gasteiger partial charge is 0.398 e. The number of nitrogen functional groups attached to an aromatic ring is 1. The third kappa shape index (κ3) is 3.68. The fourth-order valence-corrected chi connectivity index (χ4v) is 2.39. The summed E-state index contributed by atoms with van der Waals surface area (Å²) in [6.45, 7) is 1.25. The minimum Gasteiger partial charge on any atom is -0.398 e. The molecule has 2 rings (SSSR count). The van der Waals surface area contributed by atoms with Gasteiger partial charge in [-0.3, -0.25) is 4.79 Å². The Labute approximate surface area is 120 Å². The van der Waals surface area contributed by atoms with Crippen LogP contribution in [0, 0.1) is 0 Å². The molecule has 0 saturated carbocycles. The lowest BCUT2D eigenvalue weighted by Crippen LogP contribution is -2.46. The zero-order chi connectivity index (χ0) is 13.9. The number of aliphatic hydroxyl groups is 1. The zero-order valence-corrected chi connectivity index (χ0v) is 12.1. The Morgan fingerprint density at radius 2 is 2.16 bits per heavy atom. The van der Waals surface area contributed by atoms with Gasteiger partial charge in [-0.15, -0.1) is 0 Å². The predicted octanol–water partition coefficient (Wildman–Crippen LogP) is 1.30. The maximum Gasteiger partial charge on any atom is 0.253 e. The first kappa shape index (κ1) is 14.3. The van der Waals surface area contributed by atoms with Crippen LogP contribution in [-0.2, 0) is 4.74 Å². The number of hydrogen-bond acceptors (Lipinski definition) is 4. The van der Waals surface area contributed by atoms with Gasteiger partial charge >= 0.3 is 0 Å². The van der Waals surface area contributed by atoms with Gasteiger partial charge in [-0.25, -0.2) is 0 Å². The van der Waals surface area contributed by atoms with Crippen molar-refractivity contribution in [3.63, 3.8) is 0 Å². The molecule has 0 unspecified atom stereocenters. The van der Waals surface area contributed by atoms with Gasteiger partial charge in [0.05, 0.1) is 11.2 Å². The molecule has 1 aliphatic rings. The fraction of sp³-hybridized carbons (Fsp3) is 0.462. The average molecular weight is 329 g/mol. The Morgan fingerprint density at radius 3 is 2.79 bits per heavy atom. The molecule has 0 spiro atoms. The van der Waals surface area contributed by atoms with Gasteiger partial charge in [-0.05, 0) is 18.2 Å². The number of benzene rings is 1. The van der Waals surface area contributed by atoms with Crippen molar-refractivity contribution in [2.45, 2.75) is 18.4 Å². The van der Waals surface area contributed by atoms with E-state index in [-0.39, 0.29) is 12.5 Å². The SMILES string of the molecule is Nc1cc(Br)ccc1C(=O)NCC1(O)CCOCC1. The number of nitrogens with two attached hydrogens (primary N) is 1. The summed E-state index contributed by atoms with van der Waals surface area (Å²) in [6, 6.07) is 5.09. The molecule has 1 aromatic carbocycles. The van der Waals surface area contributed by atoms with Crippen molar-refractivity contribution in [2.75, 3.05) is 25.5 Å². The normalized spacial score (nSPS) is 18.0. The molecule has 6 heteroatoms. The minimum atomic E-state index is -0.877. The highest BCUT2D eigenvalue weighted by atomic mass is 79.9. The number of nitrogens with one attached hydrogen (secondary N) is 1. The average Bonchev–Trinajstić information content (AvgIpc) is 2.37. The van der Waals surface area contributed by atoms with Crippen LogP contribution < -0.4 is 11.1 Å². The smallest absolute Gasteiger partial charge is 0.253 e. The second-order valence-electron chi connectivity index (χ2n) is 4.75. The number of halogens is 1.